The highest BCUT2D eigenvalue weighted by Crippen LogP contribution is 2.44. The number of nitrogens with zero attached hydrogens (tertiary/aromatic N) is 1. The fraction of sp³-hybridized carbons (Fsp3) is 0.559. The average molecular weight is 580 g/mol. The zero-order valence-electron chi connectivity index (χ0n) is 26.4. The standard InChI is InChI=1S/C34H49N3O5/c1-8-40-27-19-34(20-27)33(38)35-21-30(36-34)37(16-17-39-22-26-14-12-11-13-15-26)25(7)28-18-29(41-9-2)31(23(4)5)32(24(28)6)42-10-3/h11-15,18,21,23,25,27,36H,8-10,16-17,19-20,22H2,1-7H3,(H,35,38)/t25-,27?,34?/m1/s1. The van der Waals surface area contributed by atoms with E-state index >= 15 is 0 Å². The molecule has 42 heavy (non-hydrogen) atoms. The van der Waals surface area contributed by atoms with Crippen LogP contribution in [-0.4, -0.2) is 55.4 Å². The number of ether oxygens (including phenoxy) is 4. The van der Waals surface area contributed by atoms with Crippen molar-refractivity contribution in [2.75, 3.05) is 33.0 Å². The summed E-state index contributed by atoms with van der Waals surface area (Å²) >= 11 is 0. The summed E-state index contributed by atoms with van der Waals surface area (Å²) in [4.78, 5) is 15.3. The summed E-state index contributed by atoms with van der Waals surface area (Å²) in [6, 6.07) is 12.3. The third-order valence-electron chi connectivity index (χ3n) is 8.25. The summed E-state index contributed by atoms with van der Waals surface area (Å²) in [6.45, 7) is 18.1. The Balaban J connectivity index is 1.66. The molecular formula is C34H49N3O5. The zero-order valence-corrected chi connectivity index (χ0v) is 26.4. The summed E-state index contributed by atoms with van der Waals surface area (Å²) in [5.41, 5.74) is 3.78. The van der Waals surface area contributed by atoms with E-state index in [1.54, 1.807) is 6.20 Å². The van der Waals surface area contributed by atoms with Gasteiger partial charge in [-0.05, 0) is 63.3 Å². The molecule has 1 aliphatic carbocycles. The van der Waals surface area contributed by atoms with Crippen LogP contribution in [0.5, 0.6) is 11.5 Å². The van der Waals surface area contributed by atoms with E-state index in [0.717, 1.165) is 39.6 Å². The lowest BCUT2D eigenvalue weighted by Gasteiger charge is -2.50. The van der Waals surface area contributed by atoms with Crippen LogP contribution in [0.2, 0.25) is 0 Å². The third-order valence-corrected chi connectivity index (χ3v) is 8.25. The summed E-state index contributed by atoms with van der Waals surface area (Å²) in [6.07, 6.45) is 3.16. The lowest BCUT2D eigenvalue weighted by atomic mass is 9.72. The Kier molecular flexibility index (Phi) is 10.8. The van der Waals surface area contributed by atoms with Gasteiger partial charge in [0.1, 0.15) is 22.9 Å². The third kappa shape index (κ3) is 6.87. The second kappa shape index (κ2) is 14.3. The summed E-state index contributed by atoms with van der Waals surface area (Å²) < 4.78 is 24.4. The van der Waals surface area contributed by atoms with E-state index in [4.69, 9.17) is 18.9 Å². The van der Waals surface area contributed by atoms with Gasteiger partial charge in [-0.2, -0.15) is 0 Å². The Labute approximate surface area is 251 Å². The zero-order chi connectivity index (χ0) is 30.3. The molecule has 0 radical (unpaired) electrons. The molecule has 0 bridgehead atoms. The van der Waals surface area contributed by atoms with E-state index in [-0.39, 0.29) is 24.0 Å². The van der Waals surface area contributed by atoms with Crippen LogP contribution in [0.4, 0.5) is 0 Å². The van der Waals surface area contributed by atoms with Gasteiger partial charge in [0.15, 0.2) is 0 Å². The molecule has 8 heteroatoms. The molecule has 1 heterocycles. The second-order valence-electron chi connectivity index (χ2n) is 11.5. The number of nitrogens with one attached hydrogen (secondary N) is 2. The first-order chi connectivity index (χ1) is 20.2. The molecule has 1 amide bonds. The summed E-state index contributed by atoms with van der Waals surface area (Å²) in [5.74, 6) is 2.86. The first-order valence-corrected chi connectivity index (χ1v) is 15.5. The number of rotatable bonds is 15. The highest BCUT2D eigenvalue weighted by molar-refractivity contribution is 5.89. The van der Waals surface area contributed by atoms with Crippen molar-refractivity contribution in [2.45, 2.75) is 91.5 Å². The predicted octanol–water partition coefficient (Wildman–Crippen LogP) is 5.95. The van der Waals surface area contributed by atoms with Gasteiger partial charge >= 0.3 is 0 Å². The lowest BCUT2D eigenvalue weighted by molar-refractivity contribution is -0.140. The van der Waals surface area contributed by atoms with Gasteiger partial charge in [-0.1, -0.05) is 44.2 Å². The van der Waals surface area contributed by atoms with Crippen molar-refractivity contribution in [1.82, 2.24) is 15.5 Å². The minimum atomic E-state index is -0.670. The minimum Gasteiger partial charge on any atom is -0.493 e. The quantitative estimate of drug-likeness (QED) is 0.252. The number of amides is 1. The molecule has 1 atom stereocenters. The average Bonchev–Trinajstić information content (AvgIpc) is 2.95. The summed E-state index contributed by atoms with van der Waals surface area (Å²) in [7, 11) is 0. The molecule has 230 valence electrons. The van der Waals surface area contributed by atoms with Crippen LogP contribution in [-0.2, 0) is 20.9 Å². The highest BCUT2D eigenvalue weighted by atomic mass is 16.5. The lowest BCUT2D eigenvalue weighted by Crippen LogP contribution is -2.69. The fourth-order valence-electron chi connectivity index (χ4n) is 6.10. The van der Waals surface area contributed by atoms with Gasteiger partial charge in [0.2, 0.25) is 5.91 Å². The Morgan fingerprint density at radius 3 is 2.38 bits per heavy atom. The maximum Gasteiger partial charge on any atom is 0.249 e. The van der Waals surface area contributed by atoms with E-state index in [0.29, 0.717) is 52.4 Å². The van der Waals surface area contributed by atoms with Crippen LogP contribution in [0.1, 0.15) is 88.6 Å². The molecule has 1 aliphatic heterocycles. The van der Waals surface area contributed by atoms with Crippen molar-refractivity contribution in [2.24, 2.45) is 0 Å². The minimum absolute atomic E-state index is 0.00938. The first kappa shape index (κ1) is 31.7. The molecule has 2 aromatic rings. The molecule has 2 aromatic carbocycles. The molecule has 0 unspecified atom stereocenters. The monoisotopic (exact) mass is 579 g/mol. The van der Waals surface area contributed by atoms with Gasteiger partial charge in [0.05, 0.1) is 38.6 Å². The molecule has 1 saturated carbocycles. The van der Waals surface area contributed by atoms with E-state index in [1.807, 2.05) is 39.0 Å². The van der Waals surface area contributed by atoms with Crippen LogP contribution >= 0.6 is 0 Å². The van der Waals surface area contributed by atoms with Crippen LogP contribution < -0.4 is 20.1 Å². The topological polar surface area (TPSA) is 81.3 Å². The Bertz CT molecular complexity index is 1220. The number of benzene rings is 2. The molecule has 0 aromatic heterocycles. The maximum absolute atomic E-state index is 13.0. The van der Waals surface area contributed by atoms with Crippen molar-refractivity contribution in [3.63, 3.8) is 0 Å². The van der Waals surface area contributed by atoms with Crippen LogP contribution in [0, 0.1) is 6.92 Å². The Morgan fingerprint density at radius 1 is 1.02 bits per heavy atom. The summed E-state index contributed by atoms with van der Waals surface area (Å²) in [5, 5.41) is 6.66. The van der Waals surface area contributed by atoms with Crippen molar-refractivity contribution >= 4 is 5.91 Å². The van der Waals surface area contributed by atoms with Crippen molar-refractivity contribution in [3.05, 3.63) is 70.7 Å². The molecular weight excluding hydrogens is 530 g/mol. The molecule has 2 N–H and O–H groups in total. The van der Waals surface area contributed by atoms with E-state index in [1.165, 1.54) is 0 Å². The molecule has 1 spiro atoms. The number of hydrogen-bond donors (Lipinski definition) is 2. The molecule has 0 saturated heterocycles. The smallest absolute Gasteiger partial charge is 0.249 e. The highest BCUT2D eigenvalue weighted by Gasteiger charge is 2.53. The number of carbonyl (C=O) groups excluding carboxylic acids is 1. The van der Waals surface area contributed by atoms with E-state index in [9.17, 15) is 4.79 Å². The van der Waals surface area contributed by atoms with Crippen LogP contribution in [0.15, 0.2) is 48.4 Å². The van der Waals surface area contributed by atoms with Gasteiger partial charge in [-0.15, -0.1) is 0 Å². The molecule has 8 nitrogen and oxygen atoms in total. The van der Waals surface area contributed by atoms with E-state index in [2.05, 4.69) is 61.4 Å². The van der Waals surface area contributed by atoms with E-state index < -0.39 is 5.54 Å². The fourth-order valence-corrected chi connectivity index (χ4v) is 6.10. The molecule has 1 fully saturated rings. The van der Waals surface area contributed by atoms with Crippen molar-refractivity contribution in [3.8, 4) is 11.5 Å². The molecule has 2 aliphatic rings. The Hall–Kier alpha value is -3.23. The van der Waals surface area contributed by atoms with Gasteiger partial charge < -0.3 is 34.5 Å². The van der Waals surface area contributed by atoms with Crippen molar-refractivity contribution < 1.29 is 23.7 Å². The maximum atomic E-state index is 13.0. The van der Waals surface area contributed by atoms with Crippen LogP contribution in [0.3, 0.4) is 0 Å². The predicted molar refractivity (Wildman–Crippen MR) is 166 cm³/mol. The largest absolute Gasteiger partial charge is 0.493 e. The molecule has 4 rings (SSSR count). The van der Waals surface area contributed by atoms with Crippen LogP contribution in [0.25, 0.3) is 0 Å². The van der Waals surface area contributed by atoms with Gasteiger partial charge in [-0.25, -0.2) is 0 Å². The number of carbonyl (C=O) groups is 1. The normalized spacial score (nSPS) is 20.4. The van der Waals surface area contributed by atoms with Gasteiger partial charge in [-0.3, -0.25) is 4.79 Å². The van der Waals surface area contributed by atoms with Crippen molar-refractivity contribution in [1.29, 1.82) is 0 Å². The first-order valence-electron chi connectivity index (χ1n) is 15.5. The Morgan fingerprint density at radius 2 is 1.74 bits per heavy atom. The van der Waals surface area contributed by atoms with Gasteiger partial charge in [0, 0.05) is 37.8 Å². The number of hydrogen-bond acceptors (Lipinski definition) is 7. The second-order valence-corrected chi connectivity index (χ2v) is 11.5. The van der Waals surface area contributed by atoms with Gasteiger partial charge in [0.25, 0.3) is 0 Å². The SMILES string of the molecule is CCOc1cc([C@@H](C)N(CCOCc2ccccc2)C2=CNC(=O)C3(CC(OCC)C3)N2)c(C)c(OCC)c1C(C)C.